The second kappa shape index (κ2) is 9.91. The van der Waals surface area contributed by atoms with Crippen molar-refractivity contribution < 1.29 is 4.79 Å². The van der Waals surface area contributed by atoms with Crippen LogP contribution in [-0.4, -0.2) is 25.7 Å². The van der Waals surface area contributed by atoms with Gasteiger partial charge in [-0.05, 0) is 67.2 Å². The molecule has 0 N–H and O–H groups in total. The lowest BCUT2D eigenvalue weighted by molar-refractivity contribution is 0.102. The summed E-state index contributed by atoms with van der Waals surface area (Å²) in [7, 11) is 0. The van der Waals surface area contributed by atoms with E-state index in [9.17, 15) is 9.59 Å². The summed E-state index contributed by atoms with van der Waals surface area (Å²) in [6, 6.07) is 23.9. The van der Waals surface area contributed by atoms with Crippen molar-refractivity contribution in [3.8, 4) is 11.4 Å². The quantitative estimate of drug-likeness (QED) is 0.102. The summed E-state index contributed by atoms with van der Waals surface area (Å²) >= 11 is 14.1. The molecule has 3 aromatic carbocycles. The molecule has 0 aliphatic heterocycles. The summed E-state index contributed by atoms with van der Waals surface area (Å²) < 4.78 is 4.40. The average molecular weight is 536 g/mol. The number of fused-ring (bicyclic) bond motifs is 1. The van der Waals surface area contributed by atoms with Gasteiger partial charge in [-0.2, -0.15) is 0 Å². The zero-order valence-electron chi connectivity index (χ0n) is 18.5. The summed E-state index contributed by atoms with van der Waals surface area (Å²) in [6.07, 6.45) is 0. The molecule has 5 aromatic rings. The molecule has 0 unspecified atom stereocenters. The molecule has 5 nitrogen and oxygen atoms in total. The molecule has 0 amide bonds. The molecular weight excluding hydrogens is 518 g/mol. The Bertz CT molecular complexity index is 1670. The molecule has 0 radical (unpaired) electrons. The average Bonchev–Trinajstić information content (AvgIpc) is 3.20. The summed E-state index contributed by atoms with van der Waals surface area (Å²) in [5.41, 5.74) is 3.40. The van der Waals surface area contributed by atoms with Crippen LogP contribution in [0, 0.1) is 10.9 Å². The van der Waals surface area contributed by atoms with Gasteiger partial charge in [0.15, 0.2) is 20.5 Å². The maximum absolute atomic E-state index is 13.7. The van der Waals surface area contributed by atoms with Gasteiger partial charge in [0.2, 0.25) is 0 Å². The topological polar surface area (TPSA) is 56.9 Å². The van der Waals surface area contributed by atoms with Gasteiger partial charge in [0.25, 0.3) is 5.56 Å². The van der Waals surface area contributed by atoms with Gasteiger partial charge in [-0.1, -0.05) is 71.1 Å². The molecule has 0 saturated carbocycles. The van der Waals surface area contributed by atoms with Crippen molar-refractivity contribution in [2.24, 2.45) is 0 Å². The number of carbonyl (C=O) groups excluding carboxylic acids is 1. The van der Waals surface area contributed by atoms with E-state index < -0.39 is 0 Å². The number of carbonyl (C=O) groups is 1. The Balaban J connectivity index is 1.67. The minimum Gasteiger partial charge on any atom is -0.293 e. The molecule has 174 valence electrons. The number of nitrogens with zero attached hydrogens (tertiary/aromatic N) is 3. The van der Waals surface area contributed by atoms with Crippen molar-refractivity contribution in [1.82, 2.24) is 14.1 Å². The number of ketones is 1. The van der Waals surface area contributed by atoms with Crippen LogP contribution < -0.4 is 5.56 Å². The second-order valence-electron chi connectivity index (χ2n) is 7.73. The lowest BCUT2D eigenvalue weighted by atomic mass is 10.1. The van der Waals surface area contributed by atoms with Gasteiger partial charge in [0, 0.05) is 10.6 Å². The predicted molar refractivity (Wildman–Crippen MR) is 147 cm³/mol. The third-order valence-corrected chi connectivity index (χ3v) is 7.99. The van der Waals surface area contributed by atoms with Crippen molar-refractivity contribution in [1.29, 1.82) is 0 Å². The molecule has 0 spiro atoms. The lowest BCUT2D eigenvalue weighted by Gasteiger charge is -2.13. The monoisotopic (exact) mass is 535 g/mol. The number of thiazole rings is 1. The first-order valence-corrected chi connectivity index (χ1v) is 13.2. The first-order valence-electron chi connectivity index (χ1n) is 10.7. The Kier molecular flexibility index (Phi) is 6.71. The second-order valence-corrected chi connectivity index (χ2v) is 10.8. The number of rotatable bonds is 6. The number of aryl methyl sites for hydroxylation is 1. The van der Waals surface area contributed by atoms with Crippen LogP contribution in [0.15, 0.2) is 88.8 Å². The van der Waals surface area contributed by atoms with E-state index in [1.54, 1.807) is 28.8 Å². The SMILES string of the molecule is Cc1ccccc1-n1c(=S)sc2c(=O)n(-c3ccccc3)c(SCC(=O)c3ccc(Cl)cc3)nc21. The summed E-state index contributed by atoms with van der Waals surface area (Å²) in [6.45, 7) is 1.99. The normalized spacial score (nSPS) is 11.1. The minimum atomic E-state index is -0.217. The Morgan fingerprint density at radius 1 is 1.00 bits per heavy atom. The largest absolute Gasteiger partial charge is 0.293 e. The molecule has 0 bridgehead atoms. The standard InChI is InChI=1S/C26H18ClN3O2S3/c1-16-7-5-6-10-20(16)30-23-22(35-26(30)33)24(32)29(19-8-3-2-4-9-19)25(28-23)34-15-21(31)17-11-13-18(27)14-12-17/h2-14H,15H2,1H3. The number of Topliss-reactive ketones (excluding diaryl/α,β-unsaturated/α-hetero) is 1. The minimum absolute atomic E-state index is 0.0818. The third kappa shape index (κ3) is 4.62. The Morgan fingerprint density at radius 2 is 1.69 bits per heavy atom. The van der Waals surface area contributed by atoms with Crippen molar-refractivity contribution in [3.63, 3.8) is 0 Å². The third-order valence-electron chi connectivity index (χ3n) is 5.45. The summed E-state index contributed by atoms with van der Waals surface area (Å²) in [5.74, 6) is 0.0310. The fraction of sp³-hybridized carbons (Fsp3) is 0.0769. The zero-order chi connectivity index (χ0) is 24.5. The highest BCUT2D eigenvalue weighted by Gasteiger charge is 2.20. The van der Waals surface area contributed by atoms with Crippen molar-refractivity contribution >= 4 is 63.0 Å². The highest BCUT2D eigenvalue weighted by molar-refractivity contribution is 7.99. The number of hydrogen-bond donors (Lipinski definition) is 0. The lowest BCUT2D eigenvalue weighted by Crippen LogP contribution is -2.22. The van der Waals surface area contributed by atoms with Gasteiger partial charge in [-0.15, -0.1) is 0 Å². The summed E-state index contributed by atoms with van der Waals surface area (Å²) in [4.78, 5) is 31.5. The van der Waals surface area contributed by atoms with Crippen LogP contribution in [0.5, 0.6) is 0 Å². The molecule has 0 fully saturated rings. The maximum atomic E-state index is 13.7. The molecule has 0 atom stereocenters. The zero-order valence-corrected chi connectivity index (χ0v) is 21.7. The fourth-order valence-electron chi connectivity index (χ4n) is 3.71. The number of thioether (sulfide) groups is 1. The highest BCUT2D eigenvalue weighted by atomic mass is 35.5. The number of halogens is 1. The van der Waals surface area contributed by atoms with E-state index >= 15 is 0 Å². The molecule has 0 aliphatic carbocycles. The molecule has 9 heteroatoms. The Morgan fingerprint density at radius 3 is 2.40 bits per heavy atom. The van der Waals surface area contributed by atoms with E-state index in [-0.39, 0.29) is 17.1 Å². The van der Waals surface area contributed by atoms with Crippen molar-refractivity contribution in [2.75, 3.05) is 5.75 Å². The molecule has 35 heavy (non-hydrogen) atoms. The van der Waals surface area contributed by atoms with E-state index in [4.69, 9.17) is 28.8 Å². The first-order chi connectivity index (χ1) is 16.9. The summed E-state index contributed by atoms with van der Waals surface area (Å²) in [5, 5.41) is 0.989. The van der Waals surface area contributed by atoms with Gasteiger partial charge in [0.1, 0.15) is 4.70 Å². The highest BCUT2D eigenvalue weighted by Crippen LogP contribution is 2.29. The first kappa shape index (κ1) is 23.7. The Labute approximate surface area is 219 Å². The predicted octanol–water partition coefficient (Wildman–Crippen LogP) is 6.90. The van der Waals surface area contributed by atoms with Crippen LogP contribution >= 0.6 is 46.9 Å². The van der Waals surface area contributed by atoms with Gasteiger partial charge < -0.3 is 0 Å². The van der Waals surface area contributed by atoms with E-state index in [1.165, 1.54) is 23.1 Å². The number of aromatic nitrogens is 3. The van der Waals surface area contributed by atoms with E-state index in [1.807, 2.05) is 66.1 Å². The number of para-hydroxylation sites is 2. The van der Waals surface area contributed by atoms with Crippen LogP contribution in [0.4, 0.5) is 0 Å². The van der Waals surface area contributed by atoms with Crippen LogP contribution in [0.2, 0.25) is 5.02 Å². The smallest absolute Gasteiger partial charge is 0.278 e. The Hall–Kier alpha value is -3.04. The van der Waals surface area contributed by atoms with Crippen LogP contribution in [0.3, 0.4) is 0 Å². The van der Waals surface area contributed by atoms with Gasteiger partial charge in [-0.3, -0.25) is 18.7 Å². The molecule has 0 saturated heterocycles. The van der Waals surface area contributed by atoms with Crippen LogP contribution in [-0.2, 0) is 0 Å². The molecule has 5 rings (SSSR count). The van der Waals surface area contributed by atoms with Gasteiger partial charge >= 0.3 is 0 Å². The molecule has 0 aliphatic rings. The molecular formula is C26H18ClN3O2S3. The molecule has 2 aromatic heterocycles. The van der Waals surface area contributed by atoms with Gasteiger partial charge in [0.05, 0.1) is 17.1 Å². The molecule has 2 heterocycles. The van der Waals surface area contributed by atoms with E-state index in [2.05, 4.69) is 0 Å². The van der Waals surface area contributed by atoms with Crippen molar-refractivity contribution in [2.45, 2.75) is 12.1 Å². The van der Waals surface area contributed by atoms with E-state index in [0.717, 1.165) is 11.3 Å². The number of benzene rings is 3. The maximum Gasteiger partial charge on any atom is 0.278 e. The van der Waals surface area contributed by atoms with Crippen LogP contribution in [0.25, 0.3) is 21.7 Å². The number of hydrogen-bond acceptors (Lipinski definition) is 6. The van der Waals surface area contributed by atoms with E-state index in [0.29, 0.717) is 35.7 Å². The van der Waals surface area contributed by atoms with Gasteiger partial charge in [-0.25, -0.2) is 4.98 Å². The van der Waals surface area contributed by atoms with Crippen LogP contribution in [0.1, 0.15) is 15.9 Å². The van der Waals surface area contributed by atoms with Crippen molar-refractivity contribution in [3.05, 3.63) is 109 Å². The fourth-order valence-corrected chi connectivity index (χ4v) is 6.03.